The van der Waals surface area contributed by atoms with E-state index in [2.05, 4.69) is 34.9 Å². The van der Waals surface area contributed by atoms with Gasteiger partial charge in [0, 0.05) is 6.54 Å². The van der Waals surface area contributed by atoms with Crippen LogP contribution in [0, 0.1) is 0 Å². The van der Waals surface area contributed by atoms with E-state index in [9.17, 15) is 0 Å². The van der Waals surface area contributed by atoms with E-state index in [1.165, 1.54) is 0 Å². The van der Waals surface area contributed by atoms with E-state index in [0.29, 0.717) is 6.61 Å². The molecule has 3 atom stereocenters. The molecule has 3 rings (SSSR count). The van der Waals surface area contributed by atoms with Crippen molar-refractivity contribution in [2.75, 3.05) is 6.61 Å². The fourth-order valence-corrected chi connectivity index (χ4v) is 3.04. The van der Waals surface area contributed by atoms with Gasteiger partial charge in [0.15, 0.2) is 5.60 Å². The molecule has 0 aromatic carbocycles. The van der Waals surface area contributed by atoms with Crippen LogP contribution in [0.4, 0.5) is 0 Å². The molecule has 0 radical (unpaired) electrons. The summed E-state index contributed by atoms with van der Waals surface area (Å²) in [7, 11) is 0. The molecule has 0 spiro atoms. The Bertz CT molecular complexity index is 406. The average molecular weight is 273 g/mol. The molecule has 15 heavy (non-hydrogen) atoms. The number of rotatable bonds is 2. The molecule has 2 aliphatic rings. The molecule has 3 heterocycles. The van der Waals surface area contributed by atoms with E-state index in [1.54, 1.807) is 0 Å². The van der Waals surface area contributed by atoms with Crippen molar-refractivity contribution < 1.29 is 9.47 Å². The quantitative estimate of drug-likeness (QED) is 0.770. The van der Waals surface area contributed by atoms with E-state index in [4.69, 9.17) is 9.47 Å². The molecule has 5 heteroatoms. The highest BCUT2D eigenvalue weighted by atomic mass is 79.9. The topological polar surface area (TPSA) is 39.6 Å². The number of ether oxygens (including phenoxy) is 2. The van der Waals surface area contributed by atoms with Crippen molar-refractivity contribution in [3.05, 3.63) is 16.4 Å². The molecule has 4 nitrogen and oxygen atoms in total. The molecule has 0 bridgehead atoms. The van der Waals surface area contributed by atoms with Crippen molar-refractivity contribution >= 4 is 15.9 Å². The minimum absolute atomic E-state index is 0.192. The lowest BCUT2D eigenvalue weighted by atomic mass is 10.0. The number of aryl methyl sites for hydroxylation is 1. The van der Waals surface area contributed by atoms with Crippen molar-refractivity contribution in [3.63, 3.8) is 0 Å². The first-order valence-electron chi connectivity index (χ1n) is 5.20. The van der Waals surface area contributed by atoms with Crippen molar-refractivity contribution in [1.29, 1.82) is 0 Å². The molecule has 2 fully saturated rings. The lowest BCUT2D eigenvalue weighted by Gasteiger charge is -2.11. The number of epoxide rings is 1. The fourth-order valence-electron chi connectivity index (χ4n) is 2.41. The number of fused-ring (bicyclic) bond motifs is 1. The summed E-state index contributed by atoms with van der Waals surface area (Å²) in [5, 5.41) is 4.31. The summed E-state index contributed by atoms with van der Waals surface area (Å²) in [4.78, 5) is 0. The third-order valence-electron chi connectivity index (χ3n) is 3.22. The largest absolute Gasteiger partial charge is 0.372 e. The highest BCUT2D eigenvalue weighted by Crippen LogP contribution is 2.54. The number of hydrogen-bond acceptors (Lipinski definition) is 3. The summed E-state index contributed by atoms with van der Waals surface area (Å²) >= 11 is 3.53. The number of aromatic nitrogens is 2. The van der Waals surface area contributed by atoms with Crippen LogP contribution in [0.2, 0.25) is 0 Å². The zero-order chi connectivity index (χ0) is 10.6. The molecule has 2 saturated heterocycles. The highest BCUT2D eigenvalue weighted by Gasteiger charge is 2.67. The molecule has 0 amide bonds. The molecule has 0 unspecified atom stereocenters. The molecule has 2 aliphatic heterocycles. The maximum Gasteiger partial charge on any atom is 0.163 e. The van der Waals surface area contributed by atoms with Crippen molar-refractivity contribution in [2.24, 2.45) is 0 Å². The predicted molar refractivity (Wildman–Crippen MR) is 57.6 cm³/mol. The maximum absolute atomic E-state index is 5.80. The van der Waals surface area contributed by atoms with Crippen LogP contribution >= 0.6 is 15.9 Å². The van der Waals surface area contributed by atoms with Crippen molar-refractivity contribution in [3.8, 4) is 0 Å². The summed E-state index contributed by atoms with van der Waals surface area (Å²) in [6.45, 7) is 5.63. The second-order valence-electron chi connectivity index (χ2n) is 4.10. The van der Waals surface area contributed by atoms with Crippen LogP contribution in [0.1, 0.15) is 19.5 Å². The Morgan fingerprint density at radius 2 is 2.53 bits per heavy atom. The normalized spacial score (nSPS) is 38.1. The van der Waals surface area contributed by atoms with E-state index in [1.807, 2.05) is 10.9 Å². The summed E-state index contributed by atoms with van der Waals surface area (Å²) in [5.41, 5.74) is 0.893. The monoisotopic (exact) mass is 272 g/mol. The summed E-state index contributed by atoms with van der Waals surface area (Å²) in [6, 6.07) is 0. The number of halogens is 1. The van der Waals surface area contributed by atoms with Crippen LogP contribution in [-0.4, -0.2) is 28.6 Å². The van der Waals surface area contributed by atoms with Gasteiger partial charge in [-0.25, -0.2) is 0 Å². The molecular weight excluding hydrogens is 260 g/mol. The smallest absolute Gasteiger partial charge is 0.163 e. The van der Waals surface area contributed by atoms with Gasteiger partial charge < -0.3 is 9.47 Å². The molecule has 1 aromatic rings. The van der Waals surface area contributed by atoms with Crippen LogP contribution in [0.5, 0.6) is 0 Å². The first-order chi connectivity index (χ1) is 7.19. The van der Waals surface area contributed by atoms with E-state index >= 15 is 0 Å². The Morgan fingerprint density at radius 3 is 3.07 bits per heavy atom. The van der Waals surface area contributed by atoms with Crippen molar-refractivity contribution in [1.82, 2.24) is 9.78 Å². The zero-order valence-corrected chi connectivity index (χ0v) is 10.3. The molecule has 0 saturated carbocycles. The highest BCUT2D eigenvalue weighted by molar-refractivity contribution is 9.10. The minimum atomic E-state index is -0.231. The Balaban J connectivity index is 2.04. The SMILES string of the molecule is CCn1ncc(Br)c1[C@]12CO[C@H](C)[C@@H]1O2. The number of nitrogens with zero attached hydrogens (tertiary/aromatic N) is 2. The van der Waals surface area contributed by atoms with Gasteiger partial charge in [-0.3, -0.25) is 4.68 Å². The van der Waals surface area contributed by atoms with Gasteiger partial charge >= 0.3 is 0 Å². The van der Waals surface area contributed by atoms with Gasteiger partial charge in [-0.05, 0) is 29.8 Å². The average Bonchev–Trinajstić information content (AvgIpc) is 2.72. The van der Waals surface area contributed by atoms with E-state index in [-0.39, 0.29) is 17.8 Å². The second-order valence-corrected chi connectivity index (χ2v) is 4.96. The van der Waals surface area contributed by atoms with Gasteiger partial charge in [-0.15, -0.1) is 0 Å². The number of hydrogen-bond donors (Lipinski definition) is 0. The predicted octanol–water partition coefficient (Wildman–Crippen LogP) is 1.68. The van der Waals surface area contributed by atoms with E-state index in [0.717, 1.165) is 16.7 Å². The second kappa shape index (κ2) is 3.06. The first kappa shape index (κ1) is 9.81. The third kappa shape index (κ3) is 1.17. The lowest BCUT2D eigenvalue weighted by Crippen LogP contribution is -2.19. The fraction of sp³-hybridized carbons (Fsp3) is 0.700. The van der Waals surface area contributed by atoms with Crippen LogP contribution in [-0.2, 0) is 21.6 Å². The van der Waals surface area contributed by atoms with Crippen LogP contribution < -0.4 is 0 Å². The standard InChI is InChI=1S/C10H13BrN2O2/c1-3-13-8(7(11)4-12-13)10-5-14-6(2)9(10)15-10/h4,6,9H,3,5H2,1-2H3/t6-,9+,10-/m1/s1. The Kier molecular flexibility index (Phi) is 2.00. The molecular formula is C10H13BrN2O2. The summed E-state index contributed by atoms with van der Waals surface area (Å²) in [5.74, 6) is 0. The van der Waals surface area contributed by atoms with Gasteiger partial charge in [0.1, 0.15) is 6.10 Å². The molecule has 0 N–H and O–H groups in total. The molecule has 82 valence electrons. The van der Waals surface area contributed by atoms with Crippen LogP contribution in [0.25, 0.3) is 0 Å². The maximum atomic E-state index is 5.80. The van der Waals surface area contributed by atoms with Crippen LogP contribution in [0.15, 0.2) is 10.7 Å². The van der Waals surface area contributed by atoms with Crippen LogP contribution in [0.3, 0.4) is 0 Å². The van der Waals surface area contributed by atoms with Gasteiger partial charge in [0.05, 0.1) is 29.1 Å². The minimum Gasteiger partial charge on any atom is -0.372 e. The Hall–Kier alpha value is -0.390. The summed E-state index contributed by atoms with van der Waals surface area (Å²) < 4.78 is 14.4. The molecule has 1 aromatic heterocycles. The van der Waals surface area contributed by atoms with Gasteiger partial charge in [0.25, 0.3) is 0 Å². The Labute approximate surface area is 96.7 Å². The van der Waals surface area contributed by atoms with Gasteiger partial charge in [-0.1, -0.05) is 0 Å². The zero-order valence-electron chi connectivity index (χ0n) is 8.74. The Morgan fingerprint density at radius 1 is 1.73 bits per heavy atom. The van der Waals surface area contributed by atoms with Crippen molar-refractivity contribution in [2.45, 2.75) is 38.2 Å². The first-order valence-corrected chi connectivity index (χ1v) is 5.99. The van der Waals surface area contributed by atoms with E-state index < -0.39 is 0 Å². The van der Waals surface area contributed by atoms with Gasteiger partial charge in [0.2, 0.25) is 0 Å². The third-order valence-corrected chi connectivity index (χ3v) is 3.80. The van der Waals surface area contributed by atoms with Gasteiger partial charge in [-0.2, -0.15) is 5.10 Å². The molecule has 0 aliphatic carbocycles. The summed E-state index contributed by atoms with van der Waals surface area (Å²) in [6.07, 6.45) is 2.22. The lowest BCUT2D eigenvalue weighted by molar-refractivity contribution is 0.0169.